The van der Waals surface area contributed by atoms with Gasteiger partial charge >= 0.3 is 0 Å². The molecule has 1 aromatic carbocycles. The number of hydrogen-bond acceptors (Lipinski definition) is 4. The molecule has 5 nitrogen and oxygen atoms in total. The quantitative estimate of drug-likeness (QED) is 0.858. The molecule has 1 fully saturated rings. The first-order valence-electron chi connectivity index (χ1n) is 6.70. The van der Waals surface area contributed by atoms with E-state index in [1.54, 1.807) is 12.1 Å². The minimum atomic E-state index is 0.142. The molecule has 1 aliphatic rings. The van der Waals surface area contributed by atoms with Crippen LogP contribution in [0.5, 0.6) is 5.75 Å². The smallest absolute Gasteiger partial charge is 0.236 e. The van der Waals surface area contributed by atoms with Crippen molar-refractivity contribution in [2.75, 3.05) is 39.8 Å². The maximum Gasteiger partial charge on any atom is 0.236 e. The predicted octanol–water partition coefficient (Wildman–Crippen LogP) is 1.02. The van der Waals surface area contributed by atoms with E-state index in [9.17, 15) is 9.90 Å². The number of hydrogen-bond donors (Lipinski definition) is 2. The standard InChI is InChI=1S/C14H20BrN3O2/c1-17(9-11-8-12(15)2-3-13(11)19)10-14(20)18-6-4-16-5-7-18/h2-3,8,16,19H,4-7,9-10H2,1H3. The molecule has 0 unspecified atom stereocenters. The number of aromatic hydroxyl groups is 1. The largest absolute Gasteiger partial charge is 0.508 e. The van der Waals surface area contributed by atoms with E-state index in [4.69, 9.17) is 0 Å². The van der Waals surface area contributed by atoms with E-state index < -0.39 is 0 Å². The van der Waals surface area contributed by atoms with Gasteiger partial charge < -0.3 is 15.3 Å². The van der Waals surface area contributed by atoms with E-state index in [1.165, 1.54) is 0 Å². The molecule has 20 heavy (non-hydrogen) atoms. The van der Waals surface area contributed by atoms with Crippen LogP contribution in [0, 0.1) is 0 Å². The van der Waals surface area contributed by atoms with Gasteiger partial charge in [0.05, 0.1) is 6.54 Å². The zero-order chi connectivity index (χ0) is 14.5. The second kappa shape index (κ2) is 7.06. The summed E-state index contributed by atoms with van der Waals surface area (Å²) in [4.78, 5) is 15.9. The molecular formula is C14H20BrN3O2. The number of piperazine rings is 1. The highest BCUT2D eigenvalue weighted by Gasteiger charge is 2.18. The van der Waals surface area contributed by atoms with Crippen LogP contribution in [0.1, 0.15) is 5.56 Å². The van der Waals surface area contributed by atoms with Crippen LogP contribution in [-0.2, 0) is 11.3 Å². The third-order valence-electron chi connectivity index (χ3n) is 3.36. The maximum absolute atomic E-state index is 12.1. The average molecular weight is 342 g/mol. The van der Waals surface area contributed by atoms with Crippen LogP contribution in [0.3, 0.4) is 0 Å². The average Bonchev–Trinajstić information content (AvgIpc) is 2.43. The van der Waals surface area contributed by atoms with E-state index in [1.807, 2.05) is 22.9 Å². The van der Waals surface area contributed by atoms with Gasteiger partial charge in [0.2, 0.25) is 5.91 Å². The van der Waals surface area contributed by atoms with Crippen molar-refractivity contribution in [1.29, 1.82) is 0 Å². The fourth-order valence-electron chi connectivity index (χ4n) is 2.27. The monoisotopic (exact) mass is 341 g/mol. The fraction of sp³-hybridized carbons (Fsp3) is 0.500. The third-order valence-corrected chi connectivity index (χ3v) is 3.85. The van der Waals surface area contributed by atoms with Gasteiger partial charge in [-0.2, -0.15) is 0 Å². The van der Waals surface area contributed by atoms with Crippen LogP contribution in [0.2, 0.25) is 0 Å². The Bertz CT molecular complexity index is 475. The van der Waals surface area contributed by atoms with Gasteiger partial charge in [-0.3, -0.25) is 9.69 Å². The van der Waals surface area contributed by atoms with Gasteiger partial charge in [0.15, 0.2) is 0 Å². The first kappa shape index (κ1) is 15.3. The highest BCUT2D eigenvalue weighted by molar-refractivity contribution is 9.10. The number of amides is 1. The predicted molar refractivity (Wildman–Crippen MR) is 81.6 cm³/mol. The van der Waals surface area contributed by atoms with Gasteiger partial charge in [-0.1, -0.05) is 15.9 Å². The molecule has 110 valence electrons. The Morgan fingerprint density at radius 3 is 2.85 bits per heavy atom. The molecule has 0 saturated carbocycles. The summed E-state index contributed by atoms with van der Waals surface area (Å²) in [6.07, 6.45) is 0. The Hall–Kier alpha value is -1.11. The molecule has 2 rings (SSSR count). The Labute approximate surface area is 127 Å². The van der Waals surface area contributed by atoms with Gasteiger partial charge in [-0.15, -0.1) is 0 Å². The Balaban J connectivity index is 1.89. The topological polar surface area (TPSA) is 55.8 Å². The number of carbonyl (C=O) groups excluding carboxylic acids is 1. The molecule has 1 heterocycles. The minimum absolute atomic E-state index is 0.142. The number of halogens is 1. The lowest BCUT2D eigenvalue weighted by molar-refractivity contribution is -0.132. The normalized spacial score (nSPS) is 15.7. The summed E-state index contributed by atoms with van der Waals surface area (Å²) >= 11 is 3.39. The number of benzene rings is 1. The van der Waals surface area contributed by atoms with Crippen molar-refractivity contribution < 1.29 is 9.90 Å². The zero-order valence-corrected chi connectivity index (χ0v) is 13.2. The van der Waals surface area contributed by atoms with Gasteiger partial charge in [0.1, 0.15) is 5.75 Å². The Kier molecular flexibility index (Phi) is 5.39. The molecule has 0 bridgehead atoms. The first-order chi connectivity index (χ1) is 9.56. The molecule has 1 saturated heterocycles. The fourth-order valence-corrected chi connectivity index (χ4v) is 2.68. The lowest BCUT2D eigenvalue weighted by Crippen LogP contribution is -2.49. The van der Waals surface area contributed by atoms with Crippen molar-refractivity contribution in [1.82, 2.24) is 15.1 Å². The lowest BCUT2D eigenvalue weighted by atomic mass is 10.2. The molecule has 0 aromatic heterocycles. The van der Waals surface area contributed by atoms with Crippen molar-refractivity contribution >= 4 is 21.8 Å². The molecule has 2 N–H and O–H groups in total. The minimum Gasteiger partial charge on any atom is -0.508 e. The number of phenols is 1. The van der Waals surface area contributed by atoms with Crippen molar-refractivity contribution in [3.05, 3.63) is 28.2 Å². The summed E-state index contributed by atoms with van der Waals surface area (Å²) in [5, 5.41) is 13.0. The molecule has 1 aliphatic heterocycles. The molecule has 0 spiro atoms. The number of rotatable bonds is 4. The van der Waals surface area contributed by atoms with Crippen LogP contribution in [0.15, 0.2) is 22.7 Å². The molecule has 0 atom stereocenters. The van der Waals surface area contributed by atoms with Crippen LogP contribution in [0.4, 0.5) is 0 Å². The van der Waals surface area contributed by atoms with Gasteiger partial charge in [0, 0.05) is 42.8 Å². The van der Waals surface area contributed by atoms with E-state index in [-0.39, 0.29) is 11.7 Å². The second-order valence-electron chi connectivity index (χ2n) is 5.08. The van der Waals surface area contributed by atoms with E-state index in [2.05, 4.69) is 21.2 Å². The lowest BCUT2D eigenvalue weighted by Gasteiger charge is -2.29. The Morgan fingerprint density at radius 2 is 2.15 bits per heavy atom. The van der Waals surface area contributed by atoms with Crippen molar-refractivity contribution in [2.45, 2.75) is 6.54 Å². The molecule has 1 aromatic rings. The third kappa shape index (κ3) is 4.19. The van der Waals surface area contributed by atoms with E-state index >= 15 is 0 Å². The SMILES string of the molecule is CN(CC(=O)N1CCNCC1)Cc1cc(Br)ccc1O. The van der Waals surface area contributed by atoms with Crippen LogP contribution in [0.25, 0.3) is 0 Å². The molecular weight excluding hydrogens is 322 g/mol. The summed E-state index contributed by atoms with van der Waals surface area (Å²) < 4.78 is 0.923. The number of nitrogens with one attached hydrogen (secondary N) is 1. The van der Waals surface area contributed by atoms with E-state index in [0.717, 1.165) is 36.2 Å². The van der Waals surface area contributed by atoms with E-state index in [0.29, 0.717) is 13.1 Å². The molecule has 6 heteroatoms. The molecule has 0 radical (unpaired) electrons. The number of phenolic OH excluding ortho intramolecular Hbond substituents is 1. The van der Waals surface area contributed by atoms with Crippen LogP contribution < -0.4 is 5.32 Å². The number of nitrogens with zero attached hydrogens (tertiary/aromatic N) is 2. The maximum atomic E-state index is 12.1. The van der Waals surface area contributed by atoms with Crippen LogP contribution >= 0.6 is 15.9 Å². The second-order valence-corrected chi connectivity index (χ2v) is 5.99. The van der Waals surface area contributed by atoms with Crippen molar-refractivity contribution in [3.8, 4) is 5.75 Å². The Morgan fingerprint density at radius 1 is 1.45 bits per heavy atom. The van der Waals surface area contributed by atoms with Gasteiger partial charge in [-0.25, -0.2) is 0 Å². The first-order valence-corrected chi connectivity index (χ1v) is 7.50. The summed E-state index contributed by atoms with van der Waals surface area (Å²) in [7, 11) is 1.89. The highest BCUT2D eigenvalue weighted by Crippen LogP contribution is 2.22. The van der Waals surface area contributed by atoms with Crippen molar-refractivity contribution in [2.24, 2.45) is 0 Å². The summed E-state index contributed by atoms with van der Waals surface area (Å²) in [6, 6.07) is 5.33. The number of carbonyl (C=O) groups is 1. The summed E-state index contributed by atoms with van der Waals surface area (Å²) in [6.45, 7) is 4.18. The van der Waals surface area contributed by atoms with Crippen LogP contribution in [-0.4, -0.2) is 60.6 Å². The van der Waals surface area contributed by atoms with Crippen molar-refractivity contribution in [3.63, 3.8) is 0 Å². The zero-order valence-electron chi connectivity index (χ0n) is 11.6. The van der Waals surface area contributed by atoms with Gasteiger partial charge in [-0.05, 0) is 25.2 Å². The molecule has 0 aliphatic carbocycles. The number of likely N-dealkylation sites (N-methyl/N-ethyl adjacent to an activating group) is 1. The molecule has 1 amide bonds. The summed E-state index contributed by atoms with van der Waals surface area (Å²) in [5.74, 6) is 0.401. The summed E-state index contributed by atoms with van der Waals surface area (Å²) in [5.41, 5.74) is 0.815. The highest BCUT2D eigenvalue weighted by atomic mass is 79.9. The van der Waals surface area contributed by atoms with Gasteiger partial charge in [0.25, 0.3) is 0 Å².